The molecule has 2 nitrogen and oxygen atoms in total. The fourth-order valence-electron chi connectivity index (χ4n) is 1.99. The summed E-state index contributed by atoms with van der Waals surface area (Å²) in [7, 11) is 0. The zero-order valence-electron chi connectivity index (χ0n) is 10.0. The average molecular weight is 280 g/mol. The van der Waals surface area contributed by atoms with Crippen molar-refractivity contribution in [3.63, 3.8) is 0 Å². The molecule has 6 heteroatoms. The minimum Gasteiger partial charge on any atom is -0.306 e. The monoisotopic (exact) mass is 280 g/mol. The molecule has 3 rings (SSSR count). The topological polar surface area (TPSA) is 17.3 Å². The van der Waals surface area contributed by atoms with Crippen molar-refractivity contribution in [2.75, 3.05) is 0 Å². The van der Waals surface area contributed by atoms with E-state index in [4.69, 9.17) is 0 Å². The summed E-state index contributed by atoms with van der Waals surface area (Å²) in [5, 5.41) is 0. The van der Waals surface area contributed by atoms with Crippen LogP contribution in [-0.4, -0.2) is 9.38 Å². The van der Waals surface area contributed by atoms with Gasteiger partial charge in [-0.3, -0.25) is 0 Å². The lowest BCUT2D eigenvalue weighted by Crippen LogP contribution is -2.07. The highest BCUT2D eigenvalue weighted by atomic mass is 19.4. The third-order valence-corrected chi connectivity index (χ3v) is 2.93. The van der Waals surface area contributed by atoms with Gasteiger partial charge in [0.05, 0.1) is 11.3 Å². The molecule has 0 saturated carbocycles. The van der Waals surface area contributed by atoms with Crippen LogP contribution in [0.2, 0.25) is 0 Å². The molecule has 0 atom stereocenters. The van der Waals surface area contributed by atoms with E-state index in [0.717, 1.165) is 6.07 Å². The molecule has 2 aromatic heterocycles. The van der Waals surface area contributed by atoms with Crippen LogP contribution < -0.4 is 0 Å². The molecule has 0 fully saturated rings. The first-order chi connectivity index (χ1) is 9.45. The lowest BCUT2D eigenvalue weighted by Gasteiger charge is -2.06. The quantitative estimate of drug-likeness (QED) is 0.612. The molecule has 3 aromatic rings. The Morgan fingerprint density at radius 1 is 1.00 bits per heavy atom. The van der Waals surface area contributed by atoms with Crippen LogP contribution in [0.5, 0.6) is 0 Å². The normalized spacial score (nSPS) is 12.0. The fraction of sp³-hybridized carbons (Fsp3) is 0.0714. The van der Waals surface area contributed by atoms with E-state index in [1.807, 2.05) is 0 Å². The number of alkyl halides is 3. The predicted octanol–water partition coefficient (Wildman–Crippen LogP) is 4.16. The van der Waals surface area contributed by atoms with Crippen molar-refractivity contribution < 1.29 is 17.6 Å². The van der Waals surface area contributed by atoms with Gasteiger partial charge in [0.2, 0.25) is 0 Å². The van der Waals surface area contributed by atoms with Crippen molar-refractivity contribution in [2.45, 2.75) is 6.18 Å². The lowest BCUT2D eigenvalue weighted by molar-refractivity contribution is -0.136. The number of aromatic nitrogens is 2. The summed E-state index contributed by atoms with van der Waals surface area (Å²) in [6, 6.07) is 7.73. The van der Waals surface area contributed by atoms with Gasteiger partial charge < -0.3 is 4.40 Å². The Labute approximate surface area is 111 Å². The standard InChI is InChI=1S/C14H8F4N2/c15-10-5-3-9(4-6-10)12-8-20-7-1-2-11(13(20)19-12)14(16,17)18/h1-8H. The maximum atomic E-state index is 12.9. The number of hydrogen-bond donors (Lipinski definition) is 0. The first-order valence-electron chi connectivity index (χ1n) is 5.76. The van der Waals surface area contributed by atoms with Crippen LogP contribution in [0, 0.1) is 5.82 Å². The van der Waals surface area contributed by atoms with Gasteiger partial charge in [0.1, 0.15) is 11.5 Å². The summed E-state index contributed by atoms with van der Waals surface area (Å²) < 4.78 is 52.8. The molecule has 0 bridgehead atoms. The van der Waals surface area contributed by atoms with E-state index in [-0.39, 0.29) is 5.65 Å². The van der Waals surface area contributed by atoms with Gasteiger partial charge in [-0.2, -0.15) is 13.2 Å². The molecule has 0 N–H and O–H groups in total. The summed E-state index contributed by atoms with van der Waals surface area (Å²) in [6.45, 7) is 0. The van der Waals surface area contributed by atoms with E-state index in [2.05, 4.69) is 4.98 Å². The van der Waals surface area contributed by atoms with Crippen LogP contribution in [0.1, 0.15) is 5.56 Å². The maximum absolute atomic E-state index is 12.9. The summed E-state index contributed by atoms with van der Waals surface area (Å²) in [6.07, 6.45) is -1.49. The SMILES string of the molecule is Fc1ccc(-c2cn3cccc(C(F)(F)F)c3n2)cc1. The number of rotatable bonds is 1. The van der Waals surface area contributed by atoms with Crippen molar-refractivity contribution >= 4 is 5.65 Å². The van der Waals surface area contributed by atoms with Crippen molar-refractivity contribution in [2.24, 2.45) is 0 Å². The van der Waals surface area contributed by atoms with E-state index in [0.29, 0.717) is 11.3 Å². The van der Waals surface area contributed by atoms with Crippen molar-refractivity contribution in [3.8, 4) is 11.3 Å². The maximum Gasteiger partial charge on any atom is 0.419 e. The highest BCUT2D eigenvalue weighted by Crippen LogP contribution is 2.33. The molecule has 20 heavy (non-hydrogen) atoms. The molecule has 0 aliphatic carbocycles. The molecule has 0 saturated heterocycles. The predicted molar refractivity (Wildman–Crippen MR) is 65.6 cm³/mol. The van der Waals surface area contributed by atoms with E-state index in [9.17, 15) is 17.6 Å². The largest absolute Gasteiger partial charge is 0.419 e. The number of pyridine rings is 1. The highest BCUT2D eigenvalue weighted by Gasteiger charge is 2.33. The van der Waals surface area contributed by atoms with Gasteiger partial charge in [0.15, 0.2) is 0 Å². The van der Waals surface area contributed by atoms with Crippen LogP contribution in [-0.2, 0) is 6.18 Å². The molecule has 0 amide bonds. The zero-order chi connectivity index (χ0) is 14.3. The first-order valence-corrected chi connectivity index (χ1v) is 5.76. The number of fused-ring (bicyclic) bond motifs is 1. The number of hydrogen-bond acceptors (Lipinski definition) is 1. The molecule has 1 aromatic carbocycles. The zero-order valence-corrected chi connectivity index (χ0v) is 10.0. The van der Waals surface area contributed by atoms with Crippen molar-refractivity contribution in [1.29, 1.82) is 0 Å². The summed E-state index contributed by atoms with van der Waals surface area (Å²) in [5.41, 5.74) is -0.0439. The smallest absolute Gasteiger partial charge is 0.306 e. The fourth-order valence-corrected chi connectivity index (χ4v) is 1.99. The number of halogens is 4. The Bertz CT molecular complexity index is 757. The van der Waals surface area contributed by atoms with Gasteiger partial charge in [0.25, 0.3) is 0 Å². The first kappa shape index (κ1) is 12.7. The van der Waals surface area contributed by atoms with Crippen LogP contribution >= 0.6 is 0 Å². The summed E-state index contributed by atoms with van der Waals surface area (Å²) in [4.78, 5) is 4.00. The molecule has 0 unspecified atom stereocenters. The second-order valence-corrected chi connectivity index (χ2v) is 4.28. The van der Waals surface area contributed by atoms with Crippen LogP contribution in [0.4, 0.5) is 17.6 Å². The van der Waals surface area contributed by atoms with E-state index in [1.54, 1.807) is 0 Å². The van der Waals surface area contributed by atoms with E-state index in [1.165, 1.54) is 47.1 Å². The Kier molecular flexibility index (Phi) is 2.74. The molecular formula is C14H8F4N2. The van der Waals surface area contributed by atoms with Gasteiger partial charge in [-0.05, 0) is 36.4 Å². The van der Waals surface area contributed by atoms with Gasteiger partial charge in [-0.25, -0.2) is 9.37 Å². The Balaban J connectivity index is 2.18. The van der Waals surface area contributed by atoms with Crippen LogP contribution in [0.25, 0.3) is 16.9 Å². The average Bonchev–Trinajstić information content (AvgIpc) is 2.81. The number of imidazole rings is 1. The van der Waals surface area contributed by atoms with Crippen LogP contribution in [0.15, 0.2) is 48.8 Å². The van der Waals surface area contributed by atoms with Crippen molar-refractivity contribution in [1.82, 2.24) is 9.38 Å². The van der Waals surface area contributed by atoms with Gasteiger partial charge in [-0.1, -0.05) is 0 Å². The van der Waals surface area contributed by atoms with Gasteiger partial charge >= 0.3 is 6.18 Å². The second kappa shape index (κ2) is 4.33. The number of benzene rings is 1. The molecule has 0 spiro atoms. The van der Waals surface area contributed by atoms with Crippen LogP contribution in [0.3, 0.4) is 0 Å². The number of nitrogens with zero attached hydrogens (tertiary/aromatic N) is 2. The molecule has 0 radical (unpaired) electrons. The summed E-state index contributed by atoms with van der Waals surface area (Å²) in [5.74, 6) is -0.409. The lowest BCUT2D eigenvalue weighted by atomic mass is 10.2. The third kappa shape index (κ3) is 2.13. The minimum absolute atomic E-state index is 0.167. The Morgan fingerprint density at radius 2 is 1.70 bits per heavy atom. The highest BCUT2D eigenvalue weighted by molar-refractivity contribution is 5.64. The van der Waals surface area contributed by atoms with E-state index < -0.39 is 17.6 Å². The molecule has 102 valence electrons. The van der Waals surface area contributed by atoms with Gasteiger partial charge in [0, 0.05) is 18.0 Å². The van der Waals surface area contributed by atoms with E-state index >= 15 is 0 Å². The van der Waals surface area contributed by atoms with Crippen molar-refractivity contribution in [3.05, 3.63) is 60.2 Å². The Morgan fingerprint density at radius 3 is 2.35 bits per heavy atom. The molecule has 0 aliphatic rings. The summed E-state index contributed by atoms with van der Waals surface area (Å²) >= 11 is 0. The molecular weight excluding hydrogens is 272 g/mol. The third-order valence-electron chi connectivity index (χ3n) is 2.93. The van der Waals surface area contributed by atoms with Gasteiger partial charge in [-0.15, -0.1) is 0 Å². The second-order valence-electron chi connectivity index (χ2n) is 4.28. The molecule has 2 heterocycles. The molecule has 0 aliphatic heterocycles. The Hall–Kier alpha value is -2.37. The minimum atomic E-state index is -4.46.